The van der Waals surface area contributed by atoms with Gasteiger partial charge in [0.1, 0.15) is 5.82 Å². The SMILES string of the molecule is CCCOc1cc(/C=N/Nc2ccccn2)ccc1OC. The maximum Gasteiger partial charge on any atom is 0.161 e. The highest BCUT2D eigenvalue weighted by Gasteiger charge is 2.04. The summed E-state index contributed by atoms with van der Waals surface area (Å²) in [6.45, 7) is 2.72. The van der Waals surface area contributed by atoms with Crippen molar-refractivity contribution in [2.24, 2.45) is 5.10 Å². The maximum absolute atomic E-state index is 5.66. The van der Waals surface area contributed by atoms with Crippen LogP contribution in [-0.4, -0.2) is 24.9 Å². The number of ether oxygens (including phenoxy) is 2. The lowest BCUT2D eigenvalue weighted by Crippen LogP contribution is -1.99. The molecule has 0 bridgehead atoms. The Bertz CT molecular complexity index is 585. The van der Waals surface area contributed by atoms with Gasteiger partial charge < -0.3 is 9.47 Å². The molecule has 0 aliphatic rings. The number of anilines is 1. The number of hydrogen-bond acceptors (Lipinski definition) is 5. The van der Waals surface area contributed by atoms with Crippen molar-refractivity contribution in [3.8, 4) is 11.5 Å². The predicted octanol–water partition coefficient (Wildman–Crippen LogP) is 3.33. The zero-order valence-corrected chi connectivity index (χ0v) is 12.2. The average Bonchev–Trinajstić information content (AvgIpc) is 2.54. The van der Waals surface area contributed by atoms with Crippen molar-refractivity contribution in [1.82, 2.24) is 4.98 Å². The lowest BCUT2D eigenvalue weighted by Gasteiger charge is -2.10. The number of methoxy groups -OCH3 is 1. The van der Waals surface area contributed by atoms with Gasteiger partial charge in [-0.3, -0.25) is 5.43 Å². The number of nitrogens with one attached hydrogen (secondary N) is 1. The second-order valence-electron chi connectivity index (χ2n) is 4.34. The first-order chi connectivity index (χ1) is 10.3. The zero-order valence-electron chi connectivity index (χ0n) is 12.2. The molecule has 0 unspecified atom stereocenters. The Kier molecular flexibility index (Phi) is 5.58. The number of pyridine rings is 1. The summed E-state index contributed by atoms with van der Waals surface area (Å²) in [4.78, 5) is 4.13. The van der Waals surface area contributed by atoms with E-state index < -0.39 is 0 Å². The third-order valence-electron chi connectivity index (χ3n) is 2.71. The monoisotopic (exact) mass is 285 g/mol. The molecule has 0 saturated heterocycles. The molecule has 0 amide bonds. The largest absolute Gasteiger partial charge is 0.493 e. The van der Waals surface area contributed by atoms with Crippen LogP contribution in [0.15, 0.2) is 47.7 Å². The van der Waals surface area contributed by atoms with E-state index in [1.54, 1.807) is 19.5 Å². The van der Waals surface area contributed by atoms with Crippen LogP contribution in [-0.2, 0) is 0 Å². The molecule has 0 aliphatic carbocycles. The van der Waals surface area contributed by atoms with Crippen LogP contribution >= 0.6 is 0 Å². The van der Waals surface area contributed by atoms with Crippen molar-refractivity contribution in [2.75, 3.05) is 19.1 Å². The van der Waals surface area contributed by atoms with Gasteiger partial charge in [-0.1, -0.05) is 13.0 Å². The van der Waals surface area contributed by atoms with Crippen molar-refractivity contribution in [3.63, 3.8) is 0 Å². The van der Waals surface area contributed by atoms with Gasteiger partial charge >= 0.3 is 0 Å². The molecular weight excluding hydrogens is 266 g/mol. The van der Waals surface area contributed by atoms with Gasteiger partial charge in [0.25, 0.3) is 0 Å². The lowest BCUT2D eigenvalue weighted by atomic mass is 10.2. The van der Waals surface area contributed by atoms with Crippen LogP contribution in [0.4, 0.5) is 5.82 Å². The molecule has 0 fully saturated rings. The zero-order chi connectivity index (χ0) is 14.9. The van der Waals surface area contributed by atoms with E-state index >= 15 is 0 Å². The van der Waals surface area contributed by atoms with E-state index in [-0.39, 0.29) is 0 Å². The quantitative estimate of drug-likeness (QED) is 0.626. The van der Waals surface area contributed by atoms with Crippen molar-refractivity contribution < 1.29 is 9.47 Å². The third-order valence-corrected chi connectivity index (χ3v) is 2.71. The van der Waals surface area contributed by atoms with Crippen LogP contribution in [0.5, 0.6) is 11.5 Å². The molecule has 5 heteroatoms. The Morgan fingerprint density at radius 2 is 2.14 bits per heavy atom. The van der Waals surface area contributed by atoms with Gasteiger partial charge in [0.05, 0.1) is 19.9 Å². The highest BCUT2D eigenvalue weighted by atomic mass is 16.5. The maximum atomic E-state index is 5.66. The summed E-state index contributed by atoms with van der Waals surface area (Å²) in [5.41, 5.74) is 3.79. The first-order valence-electron chi connectivity index (χ1n) is 6.84. The molecule has 2 rings (SSSR count). The molecule has 0 spiro atoms. The number of benzene rings is 1. The topological polar surface area (TPSA) is 55.7 Å². The Balaban J connectivity index is 2.05. The van der Waals surface area contributed by atoms with E-state index in [2.05, 4.69) is 22.4 Å². The predicted molar refractivity (Wildman–Crippen MR) is 84.2 cm³/mol. The van der Waals surface area contributed by atoms with Gasteiger partial charge in [0.2, 0.25) is 0 Å². The molecule has 0 atom stereocenters. The molecular formula is C16H19N3O2. The van der Waals surface area contributed by atoms with Crippen LogP contribution in [0.3, 0.4) is 0 Å². The molecule has 0 radical (unpaired) electrons. The van der Waals surface area contributed by atoms with E-state index in [0.717, 1.165) is 23.5 Å². The molecule has 1 N–H and O–H groups in total. The van der Waals surface area contributed by atoms with Crippen molar-refractivity contribution in [2.45, 2.75) is 13.3 Å². The molecule has 21 heavy (non-hydrogen) atoms. The van der Waals surface area contributed by atoms with Gasteiger partial charge in [-0.25, -0.2) is 4.98 Å². The first kappa shape index (κ1) is 14.8. The van der Waals surface area contributed by atoms with Crippen molar-refractivity contribution in [3.05, 3.63) is 48.2 Å². The fraction of sp³-hybridized carbons (Fsp3) is 0.250. The molecule has 0 aliphatic heterocycles. The van der Waals surface area contributed by atoms with Crippen LogP contribution in [0.25, 0.3) is 0 Å². The second-order valence-corrected chi connectivity index (χ2v) is 4.34. The highest BCUT2D eigenvalue weighted by molar-refractivity contribution is 5.81. The summed E-state index contributed by atoms with van der Waals surface area (Å²) >= 11 is 0. The molecule has 1 aromatic heterocycles. The Morgan fingerprint density at radius 3 is 2.86 bits per heavy atom. The fourth-order valence-electron chi connectivity index (χ4n) is 1.70. The van der Waals surface area contributed by atoms with Crippen LogP contribution in [0.2, 0.25) is 0 Å². The Hall–Kier alpha value is -2.56. The number of aromatic nitrogens is 1. The lowest BCUT2D eigenvalue weighted by molar-refractivity contribution is 0.294. The van der Waals surface area contributed by atoms with E-state index in [1.807, 2.05) is 36.4 Å². The summed E-state index contributed by atoms with van der Waals surface area (Å²) < 4.78 is 10.9. The van der Waals surface area contributed by atoms with Crippen molar-refractivity contribution >= 4 is 12.0 Å². The highest BCUT2D eigenvalue weighted by Crippen LogP contribution is 2.27. The average molecular weight is 285 g/mol. The number of hydrazone groups is 1. The molecule has 0 saturated carbocycles. The second kappa shape index (κ2) is 7.89. The smallest absolute Gasteiger partial charge is 0.161 e. The minimum absolute atomic E-state index is 0.656. The Morgan fingerprint density at radius 1 is 1.24 bits per heavy atom. The summed E-state index contributed by atoms with van der Waals surface area (Å²) in [5, 5.41) is 4.15. The van der Waals surface area contributed by atoms with Gasteiger partial charge in [0.15, 0.2) is 11.5 Å². The summed E-state index contributed by atoms with van der Waals surface area (Å²) in [7, 11) is 1.63. The molecule has 1 aromatic carbocycles. The summed E-state index contributed by atoms with van der Waals surface area (Å²) in [5.74, 6) is 2.14. The normalized spacial score (nSPS) is 10.6. The van der Waals surface area contributed by atoms with Gasteiger partial charge in [-0.15, -0.1) is 0 Å². The fourth-order valence-corrected chi connectivity index (χ4v) is 1.70. The first-order valence-corrected chi connectivity index (χ1v) is 6.84. The molecule has 110 valence electrons. The minimum Gasteiger partial charge on any atom is -0.493 e. The van der Waals surface area contributed by atoms with E-state index in [0.29, 0.717) is 12.4 Å². The van der Waals surface area contributed by atoms with Crippen LogP contribution < -0.4 is 14.9 Å². The summed E-state index contributed by atoms with van der Waals surface area (Å²) in [6.07, 6.45) is 4.37. The van der Waals surface area contributed by atoms with E-state index in [4.69, 9.17) is 9.47 Å². The van der Waals surface area contributed by atoms with Gasteiger partial charge in [-0.05, 0) is 42.3 Å². The molecule has 5 nitrogen and oxygen atoms in total. The van der Waals surface area contributed by atoms with Crippen molar-refractivity contribution in [1.29, 1.82) is 0 Å². The molecule has 1 heterocycles. The van der Waals surface area contributed by atoms with Gasteiger partial charge in [-0.2, -0.15) is 5.10 Å². The molecule has 2 aromatic rings. The van der Waals surface area contributed by atoms with Gasteiger partial charge in [0, 0.05) is 6.20 Å². The van der Waals surface area contributed by atoms with E-state index in [9.17, 15) is 0 Å². The number of hydrogen-bond donors (Lipinski definition) is 1. The van der Waals surface area contributed by atoms with Crippen LogP contribution in [0, 0.1) is 0 Å². The Labute approximate surface area is 124 Å². The number of nitrogens with zero attached hydrogens (tertiary/aromatic N) is 2. The summed E-state index contributed by atoms with van der Waals surface area (Å²) in [6, 6.07) is 11.3. The number of rotatable bonds is 7. The standard InChI is InChI=1S/C16H19N3O2/c1-3-10-21-15-11-13(7-8-14(15)20-2)12-18-19-16-6-4-5-9-17-16/h4-9,11-12H,3,10H2,1-2H3,(H,17,19)/b18-12+. The van der Waals surface area contributed by atoms with E-state index in [1.165, 1.54) is 0 Å². The van der Waals surface area contributed by atoms with Crippen LogP contribution in [0.1, 0.15) is 18.9 Å². The third kappa shape index (κ3) is 4.49. The minimum atomic E-state index is 0.656.